The van der Waals surface area contributed by atoms with E-state index in [1.807, 2.05) is 60.7 Å². The van der Waals surface area contributed by atoms with Crippen molar-refractivity contribution >= 4 is 16.9 Å². The molecular formula is C19H19NO3. The van der Waals surface area contributed by atoms with Gasteiger partial charge < -0.3 is 14.5 Å². The maximum absolute atomic E-state index is 11.7. The van der Waals surface area contributed by atoms with E-state index in [9.17, 15) is 4.79 Å². The first kappa shape index (κ1) is 15.3. The Kier molecular flexibility index (Phi) is 5.06. The standard InChI is InChI=1S/C19H19NO3/c21-19(22-14-15-6-2-1-3-7-15)10-11-20-13-17-12-16-8-4-5-9-18(16)23-17/h1-9,12,20H,10-11,13-14H2. The first-order valence-corrected chi connectivity index (χ1v) is 7.69. The third-order valence-electron chi connectivity index (χ3n) is 3.52. The Morgan fingerprint density at radius 3 is 2.65 bits per heavy atom. The van der Waals surface area contributed by atoms with E-state index in [-0.39, 0.29) is 5.97 Å². The Balaban J connectivity index is 1.37. The van der Waals surface area contributed by atoms with E-state index in [2.05, 4.69) is 5.32 Å². The Morgan fingerprint density at radius 2 is 1.83 bits per heavy atom. The van der Waals surface area contributed by atoms with Crippen molar-refractivity contribution in [1.29, 1.82) is 0 Å². The van der Waals surface area contributed by atoms with Gasteiger partial charge in [-0.15, -0.1) is 0 Å². The van der Waals surface area contributed by atoms with Crippen molar-refractivity contribution in [3.63, 3.8) is 0 Å². The van der Waals surface area contributed by atoms with E-state index in [0.717, 1.165) is 22.3 Å². The van der Waals surface area contributed by atoms with Crippen LogP contribution < -0.4 is 5.32 Å². The van der Waals surface area contributed by atoms with Gasteiger partial charge in [-0.3, -0.25) is 4.79 Å². The molecule has 4 heteroatoms. The van der Waals surface area contributed by atoms with Gasteiger partial charge in [0.15, 0.2) is 0 Å². The number of furan rings is 1. The molecule has 0 saturated heterocycles. The second-order valence-corrected chi connectivity index (χ2v) is 5.32. The lowest BCUT2D eigenvalue weighted by Crippen LogP contribution is -2.18. The maximum atomic E-state index is 11.7. The van der Waals surface area contributed by atoms with Crippen LogP contribution in [0.1, 0.15) is 17.7 Å². The monoisotopic (exact) mass is 309 g/mol. The molecule has 0 radical (unpaired) electrons. The van der Waals surface area contributed by atoms with Crippen molar-refractivity contribution < 1.29 is 13.9 Å². The number of carbonyl (C=O) groups excluding carboxylic acids is 1. The number of nitrogens with one attached hydrogen (secondary N) is 1. The summed E-state index contributed by atoms with van der Waals surface area (Å²) in [4.78, 5) is 11.7. The third-order valence-corrected chi connectivity index (χ3v) is 3.52. The minimum atomic E-state index is -0.203. The Morgan fingerprint density at radius 1 is 1.04 bits per heavy atom. The summed E-state index contributed by atoms with van der Waals surface area (Å²) in [5.74, 6) is 0.662. The van der Waals surface area contributed by atoms with Crippen LogP contribution in [0.5, 0.6) is 0 Å². The SMILES string of the molecule is O=C(CCNCc1cc2ccccc2o1)OCc1ccccc1. The van der Waals surface area contributed by atoms with Crippen molar-refractivity contribution in [1.82, 2.24) is 5.32 Å². The van der Waals surface area contributed by atoms with Crippen LogP contribution in [0, 0.1) is 0 Å². The smallest absolute Gasteiger partial charge is 0.307 e. The molecule has 0 amide bonds. The number of hydrogen-bond acceptors (Lipinski definition) is 4. The number of ether oxygens (including phenoxy) is 1. The average molecular weight is 309 g/mol. The zero-order valence-corrected chi connectivity index (χ0v) is 12.8. The molecule has 3 aromatic rings. The average Bonchev–Trinajstić information content (AvgIpc) is 3.00. The molecule has 4 nitrogen and oxygen atoms in total. The highest BCUT2D eigenvalue weighted by molar-refractivity contribution is 5.77. The summed E-state index contributed by atoms with van der Waals surface area (Å²) in [6.07, 6.45) is 0.340. The second-order valence-electron chi connectivity index (χ2n) is 5.32. The fourth-order valence-electron chi connectivity index (χ4n) is 2.34. The molecule has 2 aromatic carbocycles. The predicted molar refractivity (Wildman–Crippen MR) is 88.8 cm³/mol. The molecule has 118 valence electrons. The normalized spacial score (nSPS) is 10.8. The number of esters is 1. The van der Waals surface area contributed by atoms with Crippen LogP contribution in [-0.2, 0) is 22.7 Å². The largest absolute Gasteiger partial charge is 0.461 e. The van der Waals surface area contributed by atoms with Crippen molar-refractivity contribution in [3.8, 4) is 0 Å². The first-order chi connectivity index (χ1) is 11.3. The quantitative estimate of drug-likeness (QED) is 0.534. The van der Waals surface area contributed by atoms with Gasteiger partial charge in [0.05, 0.1) is 13.0 Å². The van der Waals surface area contributed by atoms with Crippen molar-refractivity contribution in [3.05, 3.63) is 72.0 Å². The molecule has 0 aliphatic rings. The van der Waals surface area contributed by atoms with Crippen LogP contribution in [0.3, 0.4) is 0 Å². The number of fused-ring (bicyclic) bond motifs is 1. The Bertz CT molecular complexity index is 731. The summed E-state index contributed by atoms with van der Waals surface area (Å²) in [7, 11) is 0. The van der Waals surface area contributed by atoms with Gasteiger partial charge in [-0.2, -0.15) is 0 Å². The highest BCUT2D eigenvalue weighted by Crippen LogP contribution is 2.18. The van der Waals surface area contributed by atoms with Crippen molar-refractivity contribution in [2.24, 2.45) is 0 Å². The topological polar surface area (TPSA) is 51.5 Å². The second kappa shape index (κ2) is 7.61. The van der Waals surface area contributed by atoms with Gasteiger partial charge in [0.2, 0.25) is 0 Å². The van der Waals surface area contributed by atoms with Crippen LogP contribution in [0.15, 0.2) is 65.1 Å². The summed E-state index contributed by atoms with van der Waals surface area (Å²) in [6.45, 7) is 1.48. The molecule has 1 aromatic heterocycles. The fraction of sp³-hybridized carbons (Fsp3) is 0.211. The number of rotatable bonds is 7. The lowest BCUT2D eigenvalue weighted by atomic mass is 10.2. The summed E-state index contributed by atoms with van der Waals surface area (Å²) in [5.41, 5.74) is 1.88. The van der Waals surface area contributed by atoms with Gasteiger partial charge in [-0.1, -0.05) is 48.5 Å². The Hall–Kier alpha value is -2.59. The Labute approximate surface area is 135 Å². The van der Waals surface area contributed by atoms with Crippen molar-refractivity contribution in [2.75, 3.05) is 6.54 Å². The van der Waals surface area contributed by atoms with E-state index in [0.29, 0.717) is 26.1 Å². The molecule has 1 N–H and O–H groups in total. The van der Waals surface area contributed by atoms with E-state index < -0.39 is 0 Å². The van der Waals surface area contributed by atoms with Gasteiger partial charge in [-0.25, -0.2) is 0 Å². The summed E-state index contributed by atoms with van der Waals surface area (Å²) >= 11 is 0. The summed E-state index contributed by atoms with van der Waals surface area (Å²) < 4.78 is 10.9. The molecule has 0 saturated carbocycles. The third kappa shape index (κ3) is 4.44. The lowest BCUT2D eigenvalue weighted by molar-refractivity contribution is -0.144. The zero-order valence-electron chi connectivity index (χ0n) is 12.8. The highest BCUT2D eigenvalue weighted by atomic mass is 16.5. The molecule has 0 aliphatic heterocycles. The van der Waals surface area contributed by atoms with Gasteiger partial charge in [0.25, 0.3) is 0 Å². The number of benzene rings is 2. The van der Waals surface area contributed by atoms with Crippen molar-refractivity contribution in [2.45, 2.75) is 19.6 Å². The number of hydrogen-bond donors (Lipinski definition) is 1. The minimum absolute atomic E-state index is 0.203. The fourth-order valence-corrected chi connectivity index (χ4v) is 2.34. The van der Waals surface area contributed by atoms with E-state index in [4.69, 9.17) is 9.15 Å². The predicted octanol–water partition coefficient (Wildman–Crippen LogP) is 3.66. The molecule has 3 rings (SSSR count). The molecule has 0 spiro atoms. The zero-order chi connectivity index (χ0) is 15.9. The van der Waals surface area contributed by atoms with Gasteiger partial charge in [0, 0.05) is 11.9 Å². The van der Waals surface area contributed by atoms with E-state index in [1.54, 1.807) is 0 Å². The first-order valence-electron chi connectivity index (χ1n) is 7.69. The molecule has 0 aliphatic carbocycles. The van der Waals surface area contributed by atoms with Crippen LogP contribution in [0.2, 0.25) is 0 Å². The van der Waals surface area contributed by atoms with Gasteiger partial charge in [-0.05, 0) is 17.7 Å². The summed E-state index contributed by atoms with van der Waals surface area (Å²) in [6, 6.07) is 19.6. The summed E-state index contributed by atoms with van der Waals surface area (Å²) in [5, 5.41) is 4.29. The molecule has 0 fully saturated rings. The highest BCUT2D eigenvalue weighted by Gasteiger charge is 2.05. The van der Waals surface area contributed by atoms with E-state index >= 15 is 0 Å². The lowest BCUT2D eigenvalue weighted by Gasteiger charge is -2.05. The van der Waals surface area contributed by atoms with Crippen LogP contribution in [0.25, 0.3) is 11.0 Å². The maximum Gasteiger partial charge on any atom is 0.307 e. The molecule has 0 bridgehead atoms. The molecule has 23 heavy (non-hydrogen) atoms. The van der Waals surface area contributed by atoms with Crippen LogP contribution in [0.4, 0.5) is 0 Å². The van der Waals surface area contributed by atoms with Crippen LogP contribution in [-0.4, -0.2) is 12.5 Å². The molecule has 0 unspecified atom stereocenters. The molecular weight excluding hydrogens is 290 g/mol. The number of carbonyl (C=O) groups is 1. The molecule has 0 atom stereocenters. The van der Waals surface area contributed by atoms with E-state index in [1.165, 1.54) is 0 Å². The van der Waals surface area contributed by atoms with Crippen LogP contribution >= 0.6 is 0 Å². The molecule has 1 heterocycles. The van der Waals surface area contributed by atoms with Gasteiger partial charge >= 0.3 is 5.97 Å². The van der Waals surface area contributed by atoms with Gasteiger partial charge in [0.1, 0.15) is 18.0 Å². The number of para-hydroxylation sites is 1. The minimum Gasteiger partial charge on any atom is -0.461 e.